The minimum absolute atomic E-state index is 0.0711. The number of halogens is 1. The second-order valence-corrected chi connectivity index (χ2v) is 5.63. The molecule has 1 aliphatic rings. The van der Waals surface area contributed by atoms with E-state index in [-0.39, 0.29) is 11.4 Å². The number of aromatic hydroxyl groups is 1. The van der Waals surface area contributed by atoms with Gasteiger partial charge in [0.05, 0.1) is 11.4 Å². The van der Waals surface area contributed by atoms with E-state index in [0.717, 1.165) is 36.0 Å². The number of H-pyrrole nitrogens is 1. The molecule has 0 atom stereocenters. The van der Waals surface area contributed by atoms with Crippen LogP contribution in [0.2, 0.25) is 5.02 Å². The summed E-state index contributed by atoms with van der Waals surface area (Å²) in [4.78, 5) is 15.5. The highest BCUT2D eigenvalue weighted by Crippen LogP contribution is 2.31. The monoisotopic (exact) mass is 301 g/mol. The van der Waals surface area contributed by atoms with Crippen molar-refractivity contribution in [3.8, 4) is 11.6 Å². The molecule has 21 heavy (non-hydrogen) atoms. The molecule has 106 valence electrons. The molecule has 2 N–H and O–H groups in total. The molecule has 0 unspecified atom stereocenters. The van der Waals surface area contributed by atoms with Gasteiger partial charge in [-0.05, 0) is 43.5 Å². The third-order valence-corrected chi connectivity index (χ3v) is 4.14. The first-order valence-corrected chi connectivity index (χ1v) is 7.14. The lowest BCUT2D eigenvalue weighted by atomic mass is 9.99. The second-order valence-electron chi connectivity index (χ2n) is 5.20. The predicted molar refractivity (Wildman–Crippen MR) is 80.4 cm³/mol. The van der Waals surface area contributed by atoms with Crippen LogP contribution in [0.1, 0.15) is 17.8 Å². The lowest BCUT2D eigenvalue weighted by molar-refractivity contribution is 0.460. The molecule has 3 aromatic rings. The Kier molecular flexibility index (Phi) is 2.59. The molecule has 0 fully saturated rings. The average Bonchev–Trinajstić information content (AvgIpc) is 2.82. The van der Waals surface area contributed by atoms with E-state index in [1.54, 1.807) is 24.3 Å². The summed E-state index contributed by atoms with van der Waals surface area (Å²) < 4.78 is 1.33. The fourth-order valence-electron chi connectivity index (χ4n) is 2.94. The predicted octanol–water partition coefficient (Wildman–Crippen LogP) is 2.56. The van der Waals surface area contributed by atoms with E-state index in [1.807, 2.05) is 0 Å². The van der Waals surface area contributed by atoms with E-state index in [9.17, 15) is 9.90 Å². The first kappa shape index (κ1) is 12.5. The summed E-state index contributed by atoms with van der Waals surface area (Å²) in [6.07, 6.45) is 2.58. The number of rotatable bonds is 1. The van der Waals surface area contributed by atoms with Crippen molar-refractivity contribution in [1.29, 1.82) is 0 Å². The van der Waals surface area contributed by atoms with Gasteiger partial charge >= 0.3 is 0 Å². The maximum Gasteiger partial charge on any atom is 0.284 e. The molecule has 4 rings (SSSR count). The Bertz CT molecular complexity index is 909. The lowest BCUT2D eigenvalue weighted by Crippen LogP contribution is -2.23. The van der Waals surface area contributed by atoms with Crippen LogP contribution in [0.4, 0.5) is 0 Å². The van der Waals surface area contributed by atoms with Gasteiger partial charge in [0.2, 0.25) is 5.88 Å². The summed E-state index contributed by atoms with van der Waals surface area (Å²) in [6, 6.07) is 6.90. The SMILES string of the molecule is O=c1c2c(O)[nH]c3c2c(nn1-c1ccc(Cl)cc1)CCC3. The Morgan fingerprint density at radius 3 is 2.71 bits per heavy atom. The molecule has 0 saturated heterocycles. The number of hydrogen-bond donors (Lipinski definition) is 2. The van der Waals surface area contributed by atoms with Crippen LogP contribution < -0.4 is 5.56 Å². The van der Waals surface area contributed by atoms with Crippen LogP contribution in [0.5, 0.6) is 5.88 Å². The summed E-state index contributed by atoms with van der Waals surface area (Å²) >= 11 is 5.88. The number of nitrogens with zero attached hydrogens (tertiary/aromatic N) is 2. The molecule has 5 nitrogen and oxygen atoms in total. The van der Waals surface area contributed by atoms with Gasteiger partial charge in [-0.2, -0.15) is 9.78 Å². The molecule has 0 aliphatic heterocycles. The first-order valence-electron chi connectivity index (χ1n) is 6.77. The molecule has 1 aromatic carbocycles. The molecule has 0 bridgehead atoms. The normalized spacial score (nSPS) is 13.8. The Morgan fingerprint density at radius 1 is 1.19 bits per heavy atom. The van der Waals surface area contributed by atoms with Crippen molar-refractivity contribution in [2.75, 3.05) is 0 Å². The van der Waals surface area contributed by atoms with E-state index in [0.29, 0.717) is 16.1 Å². The molecular formula is C15H12ClN3O2. The second kappa shape index (κ2) is 4.36. The third kappa shape index (κ3) is 1.77. The van der Waals surface area contributed by atoms with Crippen LogP contribution >= 0.6 is 11.6 Å². The van der Waals surface area contributed by atoms with Crippen molar-refractivity contribution in [3.05, 3.63) is 51.0 Å². The molecule has 0 spiro atoms. The summed E-state index contributed by atoms with van der Waals surface area (Å²) in [5.74, 6) is -0.0711. The van der Waals surface area contributed by atoms with Crippen LogP contribution in [0.25, 0.3) is 16.5 Å². The molecule has 2 aromatic heterocycles. The third-order valence-electron chi connectivity index (χ3n) is 3.88. The van der Waals surface area contributed by atoms with Crippen LogP contribution in [0.3, 0.4) is 0 Å². The van der Waals surface area contributed by atoms with Crippen LogP contribution in [0, 0.1) is 0 Å². The quantitative estimate of drug-likeness (QED) is 0.725. The minimum Gasteiger partial charge on any atom is -0.494 e. The number of aromatic amines is 1. The lowest BCUT2D eigenvalue weighted by Gasteiger charge is -2.13. The van der Waals surface area contributed by atoms with Crippen molar-refractivity contribution < 1.29 is 5.11 Å². The summed E-state index contributed by atoms with van der Waals surface area (Å²) in [5.41, 5.74) is 2.06. The van der Waals surface area contributed by atoms with Crippen molar-refractivity contribution in [3.63, 3.8) is 0 Å². The van der Waals surface area contributed by atoms with E-state index in [1.165, 1.54) is 4.68 Å². The first-order chi connectivity index (χ1) is 10.1. The van der Waals surface area contributed by atoms with Crippen molar-refractivity contribution in [2.45, 2.75) is 19.3 Å². The van der Waals surface area contributed by atoms with Crippen LogP contribution in [-0.2, 0) is 12.8 Å². The number of hydrogen-bond acceptors (Lipinski definition) is 3. The van der Waals surface area contributed by atoms with Crippen molar-refractivity contribution in [1.82, 2.24) is 14.8 Å². The Hall–Kier alpha value is -2.27. The summed E-state index contributed by atoms with van der Waals surface area (Å²) in [6.45, 7) is 0. The van der Waals surface area contributed by atoms with Gasteiger partial charge in [0.1, 0.15) is 5.39 Å². The van der Waals surface area contributed by atoms with Crippen molar-refractivity contribution in [2.24, 2.45) is 0 Å². The van der Waals surface area contributed by atoms with E-state index < -0.39 is 0 Å². The smallest absolute Gasteiger partial charge is 0.284 e. The molecule has 0 amide bonds. The Balaban J connectivity index is 2.08. The zero-order chi connectivity index (χ0) is 14.6. The molecule has 1 aliphatic carbocycles. The van der Waals surface area contributed by atoms with Gasteiger partial charge in [0, 0.05) is 16.1 Å². The molecular weight excluding hydrogens is 290 g/mol. The van der Waals surface area contributed by atoms with Crippen molar-refractivity contribution >= 4 is 22.4 Å². The highest BCUT2D eigenvalue weighted by Gasteiger charge is 2.23. The fraction of sp³-hybridized carbons (Fsp3) is 0.200. The van der Waals surface area contributed by atoms with Gasteiger partial charge < -0.3 is 10.1 Å². The zero-order valence-corrected chi connectivity index (χ0v) is 11.8. The Morgan fingerprint density at radius 2 is 1.95 bits per heavy atom. The molecule has 0 radical (unpaired) electrons. The maximum atomic E-state index is 12.6. The molecule has 6 heteroatoms. The van der Waals surface area contributed by atoms with Gasteiger partial charge in [-0.25, -0.2) is 0 Å². The molecule has 2 heterocycles. The summed E-state index contributed by atoms with van der Waals surface area (Å²) in [5, 5.41) is 16.2. The highest BCUT2D eigenvalue weighted by molar-refractivity contribution is 6.30. The van der Waals surface area contributed by atoms with E-state index in [2.05, 4.69) is 10.1 Å². The largest absolute Gasteiger partial charge is 0.494 e. The summed E-state index contributed by atoms with van der Waals surface area (Å²) in [7, 11) is 0. The number of benzene rings is 1. The number of aromatic nitrogens is 3. The number of aryl methyl sites for hydroxylation is 2. The van der Waals surface area contributed by atoms with Gasteiger partial charge in [-0.3, -0.25) is 4.79 Å². The highest BCUT2D eigenvalue weighted by atomic mass is 35.5. The minimum atomic E-state index is -0.321. The zero-order valence-electron chi connectivity index (χ0n) is 11.1. The van der Waals surface area contributed by atoms with Crippen LogP contribution in [-0.4, -0.2) is 19.9 Å². The topological polar surface area (TPSA) is 70.9 Å². The molecule has 0 saturated carbocycles. The average molecular weight is 302 g/mol. The van der Waals surface area contributed by atoms with E-state index >= 15 is 0 Å². The van der Waals surface area contributed by atoms with Gasteiger partial charge in [-0.1, -0.05) is 11.6 Å². The van der Waals surface area contributed by atoms with Gasteiger partial charge in [-0.15, -0.1) is 0 Å². The van der Waals surface area contributed by atoms with E-state index in [4.69, 9.17) is 11.6 Å². The maximum absolute atomic E-state index is 12.6. The van der Waals surface area contributed by atoms with Gasteiger partial charge in [0.25, 0.3) is 5.56 Å². The standard InChI is InChI=1S/C15H12ClN3O2/c16-8-4-6-9(7-5-8)19-15(21)13-12-10(17-14(13)20)2-1-3-11(12)18-19/h4-7,17,20H,1-3H2. The fourth-order valence-corrected chi connectivity index (χ4v) is 3.06. The Labute approximate surface area is 124 Å². The number of nitrogens with one attached hydrogen (secondary N) is 1. The van der Waals surface area contributed by atoms with Crippen LogP contribution in [0.15, 0.2) is 29.1 Å². The van der Waals surface area contributed by atoms with Gasteiger partial charge in [0.15, 0.2) is 0 Å².